The summed E-state index contributed by atoms with van der Waals surface area (Å²) in [6.45, 7) is 8.55. The van der Waals surface area contributed by atoms with E-state index in [0.717, 1.165) is 27.6 Å². The molecule has 6 nitrogen and oxygen atoms in total. The van der Waals surface area contributed by atoms with Crippen molar-refractivity contribution in [1.82, 2.24) is 9.88 Å². The summed E-state index contributed by atoms with van der Waals surface area (Å²) in [5, 5.41) is 0.993. The van der Waals surface area contributed by atoms with Crippen molar-refractivity contribution in [3.63, 3.8) is 0 Å². The Kier molecular flexibility index (Phi) is 5.00. The monoisotopic (exact) mass is 370 g/mol. The van der Waals surface area contributed by atoms with E-state index in [2.05, 4.69) is 4.98 Å². The SMILES string of the molecule is COC(=O)c1[nH]c2c(C)cccc2c1C1=CCN(C(=O)OC(C)(C)C)CC1. The Morgan fingerprint density at radius 3 is 2.56 bits per heavy atom. The number of fused-ring (bicyclic) bond motifs is 1. The molecule has 6 heteroatoms. The summed E-state index contributed by atoms with van der Waals surface area (Å²) in [6.07, 6.45) is 2.32. The third kappa shape index (κ3) is 3.84. The van der Waals surface area contributed by atoms with Crippen LogP contribution in [0.15, 0.2) is 24.3 Å². The standard InChI is InChI=1S/C21H26N2O4/c1-13-7-6-8-15-16(18(19(24)26-5)22-17(13)15)14-9-11-23(12-10-14)20(25)27-21(2,3)4/h6-9,22H,10-12H2,1-5H3. The Balaban J connectivity index is 1.95. The Morgan fingerprint density at radius 2 is 1.96 bits per heavy atom. The molecule has 0 saturated heterocycles. The van der Waals surface area contributed by atoms with Crippen LogP contribution >= 0.6 is 0 Å². The van der Waals surface area contributed by atoms with Crippen molar-refractivity contribution in [2.24, 2.45) is 0 Å². The van der Waals surface area contributed by atoms with Gasteiger partial charge >= 0.3 is 12.1 Å². The van der Waals surface area contributed by atoms with Crippen LogP contribution in [0, 0.1) is 6.92 Å². The highest BCUT2D eigenvalue weighted by Gasteiger charge is 2.27. The van der Waals surface area contributed by atoms with Crippen molar-refractivity contribution >= 4 is 28.5 Å². The summed E-state index contributed by atoms with van der Waals surface area (Å²) < 4.78 is 10.4. The number of aromatic nitrogens is 1. The Labute approximate surface area is 159 Å². The number of rotatable bonds is 2. The van der Waals surface area contributed by atoms with Crippen LogP contribution in [0.3, 0.4) is 0 Å². The van der Waals surface area contributed by atoms with Crippen molar-refractivity contribution in [3.8, 4) is 0 Å². The van der Waals surface area contributed by atoms with Crippen molar-refractivity contribution in [1.29, 1.82) is 0 Å². The van der Waals surface area contributed by atoms with Crippen molar-refractivity contribution in [2.75, 3.05) is 20.2 Å². The Hall–Kier alpha value is -2.76. The van der Waals surface area contributed by atoms with E-state index >= 15 is 0 Å². The second-order valence-electron chi connectivity index (χ2n) is 7.77. The van der Waals surface area contributed by atoms with Gasteiger partial charge in [0.2, 0.25) is 0 Å². The number of carbonyl (C=O) groups is 2. The average Bonchev–Trinajstić information content (AvgIpc) is 3.00. The highest BCUT2D eigenvalue weighted by atomic mass is 16.6. The van der Waals surface area contributed by atoms with Gasteiger partial charge in [0, 0.05) is 29.6 Å². The number of nitrogens with zero attached hydrogens (tertiary/aromatic N) is 1. The van der Waals surface area contributed by atoms with E-state index in [0.29, 0.717) is 25.2 Å². The first-order valence-corrected chi connectivity index (χ1v) is 9.08. The molecule has 2 heterocycles. The molecule has 0 bridgehead atoms. The normalized spacial score (nSPS) is 14.9. The molecule has 0 radical (unpaired) electrons. The number of ether oxygens (including phenoxy) is 2. The van der Waals surface area contributed by atoms with E-state index in [1.54, 1.807) is 4.90 Å². The van der Waals surface area contributed by atoms with Crippen LogP contribution in [0.1, 0.15) is 48.8 Å². The molecular formula is C21H26N2O4. The number of nitrogens with one attached hydrogen (secondary N) is 1. The van der Waals surface area contributed by atoms with Crippen LogP contribution in [0.25, 0.3) is 16.5 Å². The zero-order chi connectivity index (χ0) is 19.8. The van der Waals surface area contributed by atoms with Gasteiger partial charge in [0.05, 0.1) is 7.11 Å². The minimum Gasteiger partial charge on any atom is -0.464 e. The lowest BCUT2D eigenvalue weighted by atomic mass is 9.96. The smallest absolute Gasteiger partial charge is 0.410 e. The fraction of sp³-hybridized carbons (Fsp3) is 0.429. The van der Waals surface area contributed by atoms with Gasteiger partial charge in [-0.15, -0.1) is 0 Å². The molecule has 0 fully saturated rings. The van der Waals surface area contributed by atoms with E-state index in [-0.39, 0.29) is 6.09 Å². The molecule has 1 amide bonds. The van der Waals surface area contributed by atoms with Crippen LogP contribution in [0.4, 0.5) is 4.79 Å². The lowest BCUT2D eigenvalue weighted by Crippen LogP contribution is -2.39. The molecule has 27 heavy (non-hydrogen) atoms. The number of para-hydroxylation sites is 1. The molecular weight excluding hydrogens is 344 g/mol. The number of carbonyl (C=O) groups excluding carboxylic acids is 2. The van der Waals surface area contributed by atoms with Crippen molar-refractivity contribution in [2.45, 2.75) is 39.7 Å². The number of hydrogen-bond donors (Lipinski definition) is 1. The molecule has 0 saturated carbocycles. The lowest BCUT2D eigenvalue weighted by molar-refractivity contribution is 0.0270. The highest BCUT2D eigenvalue weighted by molar-refractivity contribution is 6.05. The van der Waals surface area contributed by atoms with Crippen LogP contribution in [-0.4, -0.2) is 47.7 Å². The molecule has 1 aliphatic rings. The highest BCUT2D eigenvalue weighted by Crippen LogP contribution is 2.34. The minimum absolute atomic E-state index is 0.319. The molecule has 0 atom stereocenters. The van der Waals surface area contributed by atoms with Crippen LogP contribution < -0.4 is 0 Å². The van der Waals surface area contributed by atoms with Gasteiger partial charge in [0.1, 0.15) is 11.3 Å². The molecule has 0 unspecified atom stereocenters. The third-order valence-corrected chi connectivity index (χ3v) is 4.61. The van der Waals surface area contributed by atoms with Crippen LogP contribution in [0.5, 0.6) is 0 Å². The van der Waals surface area contributed by atoms with Gasteiger partial charge in [0.15, 0.2) is 0 Å². The molecule has 1 aliphatic heterocycles. The predicted octanol–water partition coefficient (Wildman–Crippen LogP) is 4.29. The number of aryl methyl sites for hydroxylation is 1. The van der Waals surface area contributed by atoms with E-state index in [1.807, 2.05) is 52.0 Å². The molecule has 0 spiro atoms. The summed E-state index contributed by atoms with van der Waals surface area (Å²) in [4.78, 5) is 29.5. The van der Waals surface area contributed by atoms with E-state index in [9.17, 15) is 9.59 Å². The number of esters is 1. The molecule has 1 aromatic carbocycles. The van der Waals surface area contributed by atoms with Gasteiger partial charge in [-0.2, -0.15) is 0 Å². The second-order valence-corrected chi connectivity index (χ2v) is 7.77. The summed E-state index contributed by atoms with van der Waals surface area (Å²) in [5.74, 6) is -0.393. The van der Waals surface area contributed by atoms with Gasteiger partial charge < -0.3 is 19.4 Å². The molecule has 2 aromatic rings. The van der Waals surface area contributed by atoms with Gasteiger partial charge in [-0.1, -0.05) is 24.3 Å². The quantitative estimate of drug-likeness (QED) is 0.801. The van der Waals surface area contributed by atoms with E-state index < -0.39 is 11.6 Å². The minimum atomic E-state index is -0.520. The van der Waals surface area contributed by atoms with Crippen LogP contribution in [0.2, 0.25) is 0 Å². The largest absolute Gasteiger partial charge is 0.464 e. The maximum atomic E-state index is 12.3. The zero-order valence-electron chi connectivity index (χ0n) is 16.5. The third-order valence-electron chi connectivity index (χ3n) is 4.61. The lowest BCUT2D eigenvalue weighted by Gasteiger charge is -2.29. The molecule has 1 aromatic heterocycles. The Morgan fingerprint density at radius 1 is 1.22 bits per heavy atom. The fourth-order valence-corrected chi connectivity index (χ4v) is 3.34. The van der Waals surface area contributed by atoms with Gasteiger partial charge in [-0.3, -0.25) is 0 Å². The summed E-state index contributed by atoms with van der Waals surface area (Å²) in [6, 6.07) is 5.98. The summed E-state index contributed by atoms with van der Waals surface area (Å²) in [7, 11) is 1.38. The van der Waals surface area contributed by atoms with Gasteiger partial charge in [-0.25, -0.2) is 9.59 Å². The maximum Gasteiger partial charge on any atom is 0.410 e. The number of aromatic amines is 1. The van der Waals surface area contributed by atoms with Gasteiger partial charge in [0.25, 0.3) is 0 Å². The van der Waals surface area contributed by atoms with Crippen molar-refractivity contribution in [3.05, 3.63) is 41.1 Å². The average molecular weight is 370 g/mol. The molecule has 1 N–H and O–H groups in total. The zero-order valence-corrected chi connectivity index (χ0v) is 16.5. The second kappa shape index (κ2) is 7.10. The number of H-pyrrole nitrogens is 1. The predicted molar refractivity (Wildman–Crippen MR) is 105 cm³/mol. The first-order chi connectivity index (χ1) is 12.7. The molecule has 0 aliphatic carbocycles. The summed E-state index contributed by atoms with van der Waals surface area (Å²) in [5.41, 5.74) is 3.84. The fourth-order valence-electron chi connectivity index (χ4n) is 3.34. The topological polar surface area (TPSA) is 71.6 Å². The number of amides is 1. The van der Waals surface area contributed by atoms with E-state index in [4.69, 9.17) is 9.47 Å². The van der Waals surface area contributed by atoms with Crippen molar-refractivity contribution < 1.29 is 19.1 Å². The maximum absolute atomic E-state index is 12.3. The number of benzene rings is 1. The first kappa shape index (κ1) is 19.0. The van der Waals surface area contributed by atoms with E-state index in [1.165, 1.54) is 7.11 Å². The number of methoxy groups -OCH3 is 1. The molecule has 144 valence electrons. The molecule has 3 rings (SSSR count). The number of hydrogen-bond acceptors (Lipinski definition) is 4. The Bertz CT molecular complexity index is 918. The van der Waals surface area contributed by atoms with Gasteiger partial charge in [-0.05, 0) is 45.3 Å². The first-order valence-electron chi connectivity index (χ1n) is 9.08. The van der Waals surface area contributed by atoms with Crippen LogP contribution in [-0.2, 0) is 9.47 Å². The summed E-state index contributed by atoms with van der Waals surface area (Å²) >= 11 is 0.